The molecule has 70 heavy (non-hydrogen) atoms. The summed E-state index contributed by atoms with van der Waals surface area (Å²) in [6.07, 6.45) is 0.467. The van der Waals surface area contributed by atoms with Crippen LogP contribution in [0.5, 0.6) is 0 Å². The van der Waals surface area contributed by atoms with Crippen molar-refractivity contribution in [3.63, 3.8) is 0 Å². The first-order valence-corrected chi connectivity index (χ1v) is 24.1. The Hall–Kier alpha value is -7.28. The van der Waals surface area contributed by atoms with Crippen LogP contribution < -0.4 is 11.1 Å². The van der Waals surface area contributed by atoms with Gasteiger partial charge >= 0.3 is 11.9 Å². The Morgan fingerprint density at radius 2 is 0.743 bits per heavy atom. The van der Waals surface area contributed by atoms with Gasteiger partial charge < -0.3 is 21.3 Å². The van der Waals surface area contributed by atoms with E-state index in [2.05, 4.69) is 38.8 Å². The molecule has 8 rings (SSSR count). The summed E-state index contributed by atoms with van der Waals surface area (Å²) in [6, 6.07) is 65.9. The predicted octanol–water partition coefficient (Wildman–Crippen LogP) is 13.3. The fourth-order valence-corrected chi connectivity index (χ4v) is 6.45. The van der Waals surface area contributed by atoms with Crippen LogP contribution in [0, 0.1) is 11.6 Å². The standard InChI is InChI=1S/C21H18FNO.2C14H12O2.C7H8FN.CH4.Cl2OS/c22-20-8-4-5-17(13-20)15-23-21(24)14-16-9-11-19(12-10-16)18-6-2-1-3-7-18;2*15-14(16)10-11-6-8-13(9-7-11)12-4-2-1-3-5-12;8-7-3-1-2-6(4-7)5-9;;1-4(2)3/h1-13H,14-15H2,(H,23,24);2*1-9H,10H2,(H,15,16);1-4H,5,9H2;1H4;. The van der Waals surface area contributed by atoms with Gasteiger partial charge in [-0.05, 0) is 85.5 Å². The molecule has 0 radical (unpaired) electrons. The van der Waals surface area contributed by atoms with Crippen LogP contribution in [0.15, 0.2) is 212 Å². The molecule has 0 aliphatic carbocycles. The minimum absolute atomic E-state index is 0. The van der Waals surface area contributed by atoms with E-state index in [1.54, 1.807) is 24.3 Å². The van der Waals surface area contributed by atoms with E-state index in [4.69, 9.17) is 20.2 Å². The molecular formula is C57H54Cl2F2N2O6S. The van der Waals surface area contributed by atoms with Crippen molar-refractivity contribution >= 4 is 48.4 Å². The molecule has 362 valence electrons. The molecule has 8 aromatic rings. The number of carboxylic acid groups (broad SMARTS) is 2. The molecule has 0 spiro atoms. The number of carbonyl (C=O) groups excluding carboxylic acids is 1. The van der Waals surface area contributed by atoms with Gasteiger partial charge in [-0.2, -0.15) is 0 Å². The Labute approximate surface area is 419 Å². The van der Waals surface area contributed by atoms with Gasteiger partial charge in [0.1, 0.15) is 11.6 Å². The molecule has 0 unspecified atom stereocenters. The maximum atomic E-state index is 13.1. The average Bonchev–Trinajstić information content (AvgIpc) is 3.35. The van der Waals surface area contributed by atoms with Crippen LogP contribution in [0.1, 0.15) is 35.2 Å². The SMILES string of the molecule is C.NCc1cccc(F)c1.O=C(Cc1ccc(-c2ccccc2)cc1)NCc1cccc(F)c1.O=C(O)Cc1ccc(-c2ccccc2)cc1.O=C(O)Cc1ccc(-c2ccccc2)cc1.O=S(Cl)Cl. The number of nitrogens with two attached hydrogens (primary N) is 1. The van der Waals surface area contributed by atoms with Crippen LogP contribution in [-0.2, 0) is 56.0 Å². The second-order valence-corrected chi connectivity index (χ2v) is 17.5. The van der Waals surface area contributed by atoms with Crippen molar-refractivity contribution in [2.75, 3.05) is 0 Å². The Kier molecular flexibility index (Phi) is 25.8. The Morgan fingerprint density at radius 3 is 1.04 bits per heavy atom. The summed E-state index contributed by atoms with van der Waals surface area (Å²) in [5, 5.41) is 20.1. The van der Waals surface area contributed by atoms with Crippen LogP contribution in [-0.4, -0.2) is 32.3 Å². The number of hydrogen-bond donors (Lipinski definition) is 4. The van der Waals surface area contributed by atoms with Gasteiger partial charge in [-0.3, -0.25) is 14.4 Å². The number of hydrogen-bond acceptors (Lipinski definition) is 5. The number of nitrogens with one attached hydrogen (secondary N) is 1. The summed E-state index contributed by atoms with van der Waals surface area (Å²) in [5.74, 6) is -2.19. The molecule has 0 aliphatic heterocycles. The maximum absolute atomic E-state index is 13.1. The number of aliphatic carboxylic acids is 2. The maximum Gasteiger partial charge on any atom is 0.307 e. The summed E-state index contributed by atoms with van der Waals surface area (Å²) in [6.45, 7) is 0.733. The average molecular weight is 1000 g/mol. The number of amides is 1. The zero-order valence-corrected chi connectivity index (χ0v) is 39.6. The second-order valence-electron chi connectivity index (χ2n) is 14.9. The molecule has 0 atom stereocenters. The van der Waals surface area contributed by atoms with Crippen LogP contribution in [0.25, 0.3) is 33.4 Å². The Balaban J connectivity index is 0.000000250. The van der Waals surface area contributed by atoms with Crippen molar-refractivity contribution < 1.29 is 37.6 Å². The highest BCUT2D eigenvalue weighted by atomic mass is 36.0. The molecule has 8 aromatic carbocycles. The molecule has 8 nitrogen and oxygen atoms in total. The molecule has 0 saturated carbocycles. The Morgan fingerprint density at radius 1 is 0.443 bits per heavy atom. The van der Waals surface area contributed by atoms with Crippen molar-refractivity contribution in [2.45, 2.75) is 39.8 Å². The van der Waals surface area contributed by atoms with Gasteiger partial charge in [0.2, 0.25) is 15.1 Å². The lowest BCUT2D eigenvalue weighted by Gasteiger charge is -2.07. The fourth-order valence-electron chi connectivity index (χ4n) is 6.45. The lowest BCUT2D eigenvalue weighted by Crippen LogP contribution is -2.24. The monoisotopic (exact) mass is 1000 g/mol. The van der Waals surface area contributed by atoms with Gasteiger partial charge in [0.05, 0.1) is 19.3 Å². The molecule has 0 heterocycles. The van der Waals surface area contributed by atoms with E-state index in [1.807, 2.05) is 152 Å². The number of carboxylic acids is 2. The number of carbonyl (C=O) groups is 3. The second kappa shape index (κ2) is 31.7. The van der Waals surface area contributed by atoms with Gasteiger partial charge in [-0.25, -0.2) is 13.0 Å². The third kappa shape index (κ3) is 22.7. The third-order valence-electron chi connectivity index (χ3n) is 9.76. The van der Waals surface area contributed by atoms with E-state index in [0.29, 0.717) is 19.5 Å². The smallest absolute Gasteiger partial charge is 0.307 e. The lowest BCUT2D eigenvalue weighted by molar-refractivity contribution is -0.137. The van der Waals surface area contributed by atoms with Crippen molar-refractivity contribution in [3.05, 3.63) is 252 Å². The van der Waals surface area contributed by atoms with Crippen molar-refractivity contribution in [1.82, 2.24) is 5.32 Å². The van der Waals surface area contributed by atoms with Crippen LogP contribution >= 0.6 is 21.4 Å². The largest absolute Gasteiger partial charge is 0.481 e. The van der Waals surface area contributed by atoms with Gasteiger partial charge in [0, 0.05) is 34.5 Å². The minimum atomic E-state index is -1.67. The minimum Gasteiger partial charge on any atom is -0.481 e. The van der Waals surface area contributed by atoms with Crippen LogP contribution in [0.2, 0.25) is 0 Å². The van der Waals surface area contributed by atoms with E-state index in [0.717, 1.165) is 61.2 Å². The molecule has 0 bridgehead atoms. The zero-order chi connectivity index (χ0) is 49.8. The van der Waals surface area contributed by atoms with Gasteiger partial charge in [-0.1, -0.05) is 195 Å². The summed E-state index contributed by atoms with van der Waals surface area (Å²) in [4.78, 5) is 33.1. The highest BCUT2D eigenvalue weighted by molar-refractivity contribution is 8.26. The van der Waals surface area contributed by atoms with Crippen molar-refractivity contribution in [1.29, 1.82) is 0 Å². The molecule has 0 fully saturated rings. The highest BCUT2D eigenvalue weighted by Gasteiger charge is 2.06. The van der Waals surface area contributed by atoms with Crippen molar-refractivity contribution in [3.8, 4) is 33.4 Å². The normalized spacial score (nSPS) is 9.86. The number of benzene rings is 8. The van der Waals surface area contributed by atoms with E-state index >= 15 is 0 Å². The summed E-state index contributed by atoms with van der Waals surface area (Å²) in [5.41, 5.74) is 16.2. The first-order valence-electron chi connectivity index (χ1n) is 21.3. The molecular weight excluding hydrogens is 950 g/mol. The summed E-state index contributed by atoms with van der Waals surface area (Å²) in [7, 11) is 7.36. The molecule has 1 amide bonds. The number of rotatable bonds is 12. The van der Waals surface area contributed by atoms with Crippen molar-refractivity contribution in [2.24, 2.45) is 5.73 Å². The Bertz CT molecular complexity index is 2710. The predicted molar refractivity (Wildman–Crippen MR) is 281 cm³/mol. The van der Waals surface area contributed by atoms with Gasteiger partial charge in [0.15, 0.2) is 0 Å². The molecule has 13 heteroatoms. The van der Waals surface area contributed by atoms with E-state index in [-0.39, 0.29) is 37.8 Å². The quantitative estimate of drug-likeness (QED) is 0.0891. The molecule has 0 aliphatic rings. The molecule has 0 aromatic heterocycles. The third-order valence-corrected chi connectivity index (χ3v) is 9.76. The molecule has 5 N–H and O–H groups in total. The first-order chi connectivity index (χ1) is 33.3. The summed E-state index contributed by atoms with van der Waals surface area (Å²) >= 11 is 0. The zero-order valence-electron chi connectivity index (χ0n) is 37.3. The van der Waals surface area contributed by atoms with Crippen LogP contribution in [0.3, 0.4) is 0 Å². The first kappa shape index (κ1) is 57.0. The van der Waals surface area contributed by atoms with E-state index in [9.17, 15) is 23.2 Å². The molecule has 0 saturated heterocycles. The fraction of sp³-hybridized carbons (Fsp3) is 0.105. The van der Waals surface area contributed by atoms with Gasteiger partial charge in [-0.15, -0.1) is 0 Å². The van der Waals surface area contributed by atoms with E-state index in [1.165, 1.54) is 24.3 Å². The van der Waals surface area contributed by atoms with E-state index < -0.39 is 21.2 Å². The summed E-state index contributed by atoms with van der Waals surface area (Å²) < 4.78 is 34.5. The topological polar surface area (TPSA) is 147 Å². The van der Waals surface area contributed by atoms with Gasteiger partial charge in [0.25, 0.3) is 0 Å². The lowest BCUT2D eigenvalue weighted by atomic mass is 10.0. The number of halogens is 4. The van der Waals surface area contributed by atoms with Crippen LogP contribution in [0.4, 0.5) is 8.78 Å². The highest BCUT2D eigenvalue weighted by Crippen LogP contribution is 2.22.